The van der Waals surface area contributed by atoms with Gasteiger partial charge >= 0.3 is 0 Å². The van der Waals surface area contributed by atoms with Crippen LogP contribution in [0.2, 0.25) is 0 Å². The molecular weight excluding hydrogens is 244 g/mol. The first kappa shape index (κ1) is 11.3. The van der Waals surface area contributed by atoms with Gasteiger partial charge in [0.2, 0.25) is 11.9 Å². The highest BCUT2D eigenvalue weighted by Crippen LogP contribution is 2.10. The lowest BCUT2D eigenvalue weighted by Gasteiger charge is -2.03. The molecule has 0 saturated carbocycles. The Morgan fingerprint density at radius 3 is 2.53 bits per heavy atom. The van der Waals surface area contributed by atoms with E-state index >= 15 is 0 Å². The predicted molar refractivity (Wildman–Crippen MR) is 69.9 cm³/mol. The van der Waals surface area contributed by atoms with Gasteiger partial charge in [0.15, 0.2) is 0 Å². The van der Waals surface area contributed by atoms with E-state index in [0.717, 1.165) is 11.0 Å². The molecule has 0 aliphatic heterocycles. The molecule has 96 valence electrons. The van der Waals surface area contributed by atoms with Crippen molar-refractivity contribution in [1.29, 1.82) is 0 Å². The number of hydrogen-bond donors (Lipinski definition) is 2. The largest absolute Gasteiger partial charge is 0.368 e. The fourth-order valence-corrected chi connectivity index (χ4v) is 1.86. The molecule has 0 saturated heterocycles. The minimum absolute atomic E-state index is 0.131. The van der Waals surface area contributed by atoms with E-state index in [-0.39, 0.29) is 11.9 Å². The summed E-state index contributed by atoms with van der Waals surface area (Å²) in [6.07, 6.45) is 0.560. The molecule has 3 aromatic rings. The second kappa shape index (κ2) is 4.48. The van der Waals surface area contributed by atoms with Gasteiger partial charge in [-0.3, -0.25) is 0 Å². The fraction of sp³-hybridized carbons (Fsp3) is 0.182. The summed E-state index contributed by atoms with van der Waals surface area (Å²) in [5, 5.41) is 8.16. The molecular formula is C11H12N8. The summed E-state index contributed by atoms with van der Waals surface area (Å²) in [6, 6.07) is 7.75. The van der Waals surface area contributed by atoms with Crippen molar-refractivity contribution in [2.45, 2.75) is 13.0 Å². The van der Waals surface area contributed by atoms with Crippen molar-refractivity contribution in [2.75, 3.05) is 11.5 Å². The summed E-state index contributed by atoms with van der Waals surface area (Å²) >= 11 is 0. The average molecular weight is 256 g/mol. The van der Waals surface area contributed by atoms with Gasteiger partial charge in [0.25, 0.3) is 0 Å². The Bertz CT molecular complexity index is 699. The van der Waals surface area contributed by atoms with Crippen molar-refractivity contribution in [2.24, 2.45) is 0 Å². The van der Waals surface area contributed by atoms with Gasteiger partial charge in [-0.05, 0) is 12.1 Å². The molecule has 19 heavy (non-hydrogen) atoms. The standard InChI is InChI=1S/C11H12N8/c12-10-14-9(15-11(13)16-10)5-6-19-8-4-2-1-3-7(8)17-18-19/h1-4H,5-6H2,(H4,12,13,14,15,16). The number of benzene rings is 1. The maximum absolute atomic E-state index is 5.52. The van der Waals surface area contributed by atoms with Gasteiger partial charge in [0, 0.05) is 6.42 Å². The summed E-state index contributed by atoms with van der Waals surface area (Å²) in [5.41, 5.74) is 12.9. The first-order chi connectivity index (χ1) is 9.22. The zero-order valence-corrected chi connectivity index (χ0v) is 10.1. The van der Waals surface area contributed by atoms with E-state index in [1.54, 1.807) is 4.68 Å². The lowest BCUT2D eigenvalue weighted by molar-refractivity contribution is 0.593. The van der Waals surface area contributed by atoms with Gasteiger partial charge in [0.05, 0.1) is 12.1 Å². The third-order valence-corrected chi connectivity index (χ3v) is 2.68. The van der Waals surface area contributed by atoms with Crippen molar-refractivity contribution < 1.29 is 0 Å². The van der Waals surface area contributed by atoms with Gasteiger partial charge in [-0.25, -0.2) is 4.68 Å². The van der Waals surface area contributed by atoms with Crippen molar-refractivity contribution >= 4 is 22.9 Å². The third-order valence-electron chi connectivity index (χ3n) is 2.68. The SMILES string of the molecule is Nc1nc(N)nc(CCn2nnc3ccccc32)n1. The van der Waals surface area contributed by atoms with E-state index < -0.39 is 0 Å². The molecule has 8 heteroatoms. The maximum atomic E-state index is 5.52. The topological polar surface area (TPSA) is 121 Å². The quantitative estimate of drug-likeness (QED) is 0.677. The van der Waals surface area contributed by atoms with E-state index in [9.17, 15) is 0 Å². The molecule has 8 nitrogen and oxygen atoms in total. The van der Waals surface area contributed by atoms with Gasteiger partial charge in [0.1, 0.15) is 11.3 Å². The first-order valence-corrected chi connectivity index (χ1v) is 5.76. The molecule has 0 unspecified atom stereocenters. The number of hydrogen-bond acceptors (Lipinski definition) is 7. The molecule has 0 aliphatic rings. The molecule has 0 radical (unpaired) electrons. The van der Waals surface area contributed by atoms with Crippen LogP contribution in [0.4, 0.5) is 11.9 Å². The van der Waals surface area contributed by atoms with Gasteiger partial charge in [-0.2, -0.15) is 15.0 Å². The van der Waals surface area contributed by atoms with Crippen LogP contribution in [0.15, 0.2) is 24.3 Å². The molecule has 0 bridgehead atoms. The Labute approximate surface area is 108 Å². The second-order valence-corrected chi connectivity index (χ2v) is 4.02. The smallest absolute Gasteiger partial charge is 0.225 e. The molecule has 1 aromatic carbocycles. The molecule has 4 N–H and O–H groups in total. The van der Waals surface area contributed by atoms with Gasteiger partial charge in [-0.15, -0.1) is 5.10 Å². The van der Waals surface area contributed by atoms with E-state index in [1.807, 2.05) is 24.3 Å². The van der Waals surface area contributed by atoms with Crippen molar-refractivity contribution in [1.82, 2.24) is 29.9 Å². The number of rotatable bonds is 3. The van der Waals surface area contributed by atoms with Gasteiger partial charge in [-0.1, -0.05) is 17.3 Å². The van der Waals surface area contributed by atoms with Crippen LogP contribution in [0.1, 0.15) is 5.82 Å². The lowest BCUT2D eigenvalue weighted by Crippen LogP contribution is -2.10. The number of aromatic nitrogens is 6. The van der Waals surface area contributed by atoms with E-state index in [4.69, 9.17) is 11.5 Å². The van der Waals surface area contributed by atoms with E-state index in [2.05, 4.69) is 25.3 Å². The summed E-state index contributed by atoms with van der Waals surface area (Å²) in [6.45, 7) is 0.601. The molecule has 0 aliphatic carbocycles. The highest BCUT2D eigenvalue weighted by molar-refractivity contribution is 5.73. The maximum Gasteiger partial charge on any atom is 0.225 e. The first-order valence-electron chi connectivity index (χ1n) is 5.76. The Balaban J connectivity index is 1.82. The normalized spacial score (nSPS) is 10.9. The number of para-hydroxylation sites is 1. The average Bonchev–Trinajstić information content (AvgIpc) is 2.78. The number of anilines is 2. The van der Waals surface area contributed by atoms with Crippen LogP contribution >= 0.6 is 0 Å². The molecule has 3 rings (SSSR count). The highest BCUT2D eigenvalue weighted by atomic mass is 15.4. The van der Waals surface area contributed by atoms with Crippen LogP contribution in [-0.4, -0.2) is 29.9 Å². The van der Waals surface area contributed by atoms with Gasteiger partial charge < -0.3 is 11.5 Å². The number of nitrogens with two attached hydrogens (primary N) is 2. The predicted octanol–water partition coefficient (Wildman–Crippen LogP) is 0.0234. The summed E-state index contributed by atoms with van der Waals surface area (Å²) in [7, 11) is 0. The third kappa shape index (κ3) is 2.28. The highest BCUT2D eigenvalue weighted by Gasteiger charge is 2.06. The lowest BCUT2D eigenvalue weighted by atomic mass is 10.3. The number of fused-ring (bicyclic) bond motifs is 1. The Kier molecular flexibility index (Phi) is 2.67. The van der Waals surface area contributed by atoms with E-state index in [0.29, 0.717) is 18.8 Å². The van der Waals surface area contributed by atoms with Crippen molar-refractivity contribution in [3.05, 3.63) is 30.1 Å². The molecule has 0 amide bonds. The van der Waals surface area contributed by atoms with Crippen molar-refractivity contribution in [3.63, 3.8) is 0 Å². The minimum atomic E-state index is 0.131. The van der Waals surface area contributed by atoms with Crippen LogP contribution in [-0.2, 0) is 13.0 Å². The van der Waals surface area contributed by atoms with Crippen LogP contribution < -0.4 is 11.5 Å². The Morgan fingerprint density at radius 2 is 1.74 bits per heavy atom. The number of nitrogens with zero attached hydrogens (tertiary/aromatic N) is 6. The number of nitrogen functional groups attached to an aromatic ring is 2. The van der Waals surface area contributed by atoms with Crippen LogP contribution in [0.3, 0.4) is 0 Å². The molecule has 0 spiro atoms. The summed E-state index contributed by atoms with van der Waals surface area (Å²) in [5.74, 6) is 0.807. The molecule has 2 aromatic heterocycles. The fourth-order valence-electron chi connectivity index (χ4n) is 1.86. The Morgan fingerprint density at radius 1 is 1.00 bits per heavy atom. The number of aryl methyl sites for hydroxylation is 2. The van der Waals surface area contributed by atoms with Crippen LogP contribution in [0, 0.1) is 0 Å². The zero-order chi connectivity index (χ0) is 13.2. The second-order valence-electron chi connectivity index (χ2n) is 4.02. The van der Waals surface area contributed by atoms with Crippen LogP contribution in [0.25, 0.3) is 11.0 Å². The van der Waals surface area contributed by atoms with Crippen molar-refractivity contribution in [3.8, 4) is 0 Å². The Hall–Kier alpha value is -2.77. The molecule has 0 fully saturated rings. The monoisotopic (exact) mass is 256 g/mol. The summed E-state index contributed by atoms with van der Waals surface area (Å²) in [4.78, 5) is 11.8. The van der Waals surface area contributed by atoms with E-state index in [1.165, 1.54) is 0 Å². The molecule has 0 atom stereocenters. The minimum Gasteiger partial charge on any atom is -0.368 e. The van der Waals surface area contributed by atoms with Crippen LogP contribution in [0.5, 0.6) is 0 Å². The summed E-state index contributed by atoms with van der Waals surface area (Å²) < 4.78 is 1.80. The zero-order valence-electron chi connectivity index (χ0n) is 10.1. The molecule has 2 heterocycles.